The van der Waals surface area contributed by atoms with Gasteiger partial charge in [-0.3, -0.25) is 10.3 Å². The second-order valence-corrected chi connectivity index (χ2v) is 8.85. The quantitative estimate of drug-likeness (QED) is 0.631. The van der Waals surface area contributed by atoms with Gasteiger partial charge in [-0.15, -0.1) is 11.3 Å². The van der Waals surface area contributed by atoms with Gasteiger partial charge in [0.05, 0.1) is 11.4 Å². The van der Waals surface area contributed by atoms with Crippen molar-refractivity contribution in [2.45, 2.75) is 30.8 Å². The SMILES string of the molecule is C1=C[C@]23CCN(Cc4c2sc2ccccc42)[C@H]3C/C1=N/Nc1ccccc1. The monoisotopic (exact) mass is 371 g/mol. The molecule has 1 unspecified atom stereocenters. The Morgan fingerprint density at radius 1 is 1.07 bits per heavy atom. The Morgan fingerprint density at radius 3 is 2.85 bits per heavy atom. The van der Waals surface area contributed by atoms with Crippen molar-refractivity contribution in [1.29, 1.82) is 0 Å². The first kappa shape index (κ1) is 15.6. The molecule has 3 nitrogen and oxygen atoms in total. The second-order valence-electron chi connectivity index (χ2n) is 7.80. The molecule has 0 radical (unpaired) electrons. The van der Waals surface area contributed by atoms with Gasteiger partial charge in [-0.25, -0.2) is 0 Å². The Bertz CT molecular complexity index is 1080. The molecule has 0 spiro atoms. The maximum atomic E-state index is 4.69. The van der Waals surface area contributed by atoms with E-state index >= 15 is 0 Å². The smallest absolute Gasteiger partial charge is 0.0620 e. The van der Waals surface area contributed by atoms with E-state index in [-0.39, 0.29) is 5.41 Å². The zero-order chi connectivity index (χ0) is 17.8. The predicted octanol–water partition coefficient (Wildman–Crippen LogP) is 5.16. The molecule has 2 bridgehead atoms. The molecule has 3 aliphatic rings. The van der Waals surface area contributed by atoms with Crippen LogP contribution in [0.2, 0.25) is 0 Å². The minimum Gasteiger partial charge on any atom is -0.294 e. The Kier molecular flexibility index (Phi) is 3.34. The second kappa shape index (κ2) is 5.78. The van der Waals surface area contributed by atoms with Crippen molar-refractivity contribution < 1.29 is 0 Å². The van der Waals surface area contributed by atoms with E-state index < -0.39 is 0 Å². The summed E-state index contributed by atoms with van der Waals surface area (Å²) in [6.45, 7) is 2.27. The summed E-state index contributed by atoms with van der Waals surface area (Å²) in [6.07, 6.45) is 6.97. The van der Waals surface area contributed by atoms with Crippen molar-refractivity contribution >= 4 is 32.8 Å². The maximum Gasteiger partial charge on any atom is 0.0620 e. The highest BCUT2D eigenvalue weighted by atomic mass is 32.1. The van der Waals surface area contributed by atoms with Crippen LogP contribution < -0.4 is 5.43 Å². The standard InChI is InChI=1S/C23H21N3S/c1-2-6-16(7-3-1)24-25-17-10-11-23-12-13-26(21(23)14-17)15-19-18-8-4-5-9-20(18)27-22(19)23/h1-11,21,24H,12-15H2/b25-17+/t21-,23+/m0/s1. The molecule has 2 aromatic carbocycles. The number of hydrogen-bond acceptors (Lipinski definition) is 4. The number of nitrogens with one attached hydrogen (secondary N) is 1. The molecule has 1 N–H and O–H groups in total. The van der Waals surface area contributed by atoms with Gasteiger partial charge in [0, 0.05) is 40.5 Å². The Hall–Kier alpha value is -2.43. The lowest BCUT2D eigenvalue weighted by Gasteiger charge is -2.42. The van der Waals surface area contributed by atoms with E-state index in [0.29, 0.717) is 6.04 Å². The summed E-state index contributed by atoms with van der Waals surface area (Å²) in [4.78, 5) is 4.29. The lowest BCUT2D eigenvalue weighted by atomic mass is 9.70. The molecule has 6 rings (SSSR count). The summed E-state index contributed by atoms with van der Waals surface area (Å²) in [6, 6.07) is 19.6. The minimum absolute atomic E-state index is 0.184. The zero-order valence-corrected chi connectivity index (χ0v) is 15.9. The Balaban J connectivity index is 1.40. The number of nitrogens with zero attached hydrogens (tertiary/aromatic N) is 2. The number of allylic oxidation sites excluding steroid dienone is 1. The van der Waals surface area contributed by atoms with E-state index in [1.165, 1.54) is 23.1 Å². The molecule has 1 saturated heterocycles. The molecule has 0 amide bonds. The van der Waals surface area contributed by atoms with Crippen molar-refractivity contribution in [2.75, 3.05) is 12.0 Å². The van der Waals surface area contributed by atoms with Crippen LogP contribution in [0, 0.1) is 0 Å². The summed E-state index contributed by atoms with van der Waals surface area (Å²) < 4.78 is 1.43. The third-order valence-electron chi connectivity index (χ3n) is 6.41. The van der Waals surface area contributed by atoms with E-state index in [1.807, 2.05) is 29.5 Å². The van der Waals surface area contributed by atoms with Crippen LogP contribution in [0.25, 0.3) is 10.1 Å². The number of thiophene rings is 1. The molecular formula is C23H21N3S. The third-order valence-corrected chi connectivity index (χ3v) is 7.81. The third kappa shape index (κ3) is 2.27. The molecule has 1 aliphatic carbocycles. The van der Waals surface area contributed by atoms with Crippen molar-refractivity contribution in [3.05, 3.63) is 77.2 Å². The first-order valence-corrected chi connectivity index (χ1v) is 10.5. The summed E-state index contributed by atoms with van der Waals surface area (Å²) >= 11 is 2.01. The lowest BCUT2D eigenvalue weighted by molar-refractivity contribution is 0.204. The van der Waals surface area contributed by atoms with E-state index in [1.54, 1.807) is 10.4 Å². The average molecular weight is 372 g/mol. The molecule has 3 heterocycles. The van der Waals surface area contributed by atoms with Gasteiger partial charge < -0.3 is 0 Å². The molecule has 27 heavy (non-hydrogen) atoms. The van der Waals surface area contributed by atoms with Crippen LogP contribution in [-0.4, -0.2) is 23.2 Å². The van der Waals surface area contributed by atoms with Gasteiger partial charge in [0.1, 0.15) is 0 Å². The minimum atomic E-state index is 0.184. The van der Waals surface area contributed by atoms with Gasteiger partial charge in [0.25, 0.3) is 0 Å². The highest BCUT2D eigenvalue weighted by Gasteiger charge is 2.53. The van der Waals surface area contributed by atoms with Gasteiger partial charge in [0.2, 0.25) is 0 Å². The summed E-state index contributed by atoms with van der Waals surface area (Å²) in [7, 11) is 0. The fourth-order valence-corrected chi connectivity index (χ4v) is 6.55. The highest BCUT2D eigenvalue weighted by molar-refractivity contribution is 7.19. The van der Waals surface area contributed by atoms with E-state index in [9.17, 15) is 0 Å². The van der Waals surface area contributed by atoms with Crippen molar-refractivity contribution in [3.63, 3.8) is 0 Å². The molecule has 1 aromatic heterocycles. The lowest BCUT2D eigenvalue weighted by Crippen LogP contribution is -2.47. The normalized spacial score (nSPS) is 29.7. The zero-order valence-electron chi connectivity index (χ0n) is 15.1. The van der Waals surface area contributed by atoms with Crippen LogP contribution in [-0.2, 0) is 12.0 Å². The largest absolute Gasteiger partial charge is 0.294 e. The van der Waals surface area contributed by atoms with Gasteiger partial charge in [-0.2, -0.15) is 5.10 Å². The number of anilines is 1. The highest BCUT2D eigenvalue weighted by Crippen LogP contribution is 2.54. The topological polar surface area (TPSA) is 27.6 Å². The van der Waals surface area contributed by atoms with E-state index in [4.69, 9.17) is 5.10 Å². The van der Waals surface area contributed by atoms with Gasteiger partial charge >= 0.3 is 0 Å². The Labute approximate surface area is 163 Å². The van der Waals surface area contributed by atoms with Crippen molar-refractivity contribution in [2.24, 2.45) is 5.10 Å². The maximum absolute atomic E-state index is 4.69. The molecule has 3 aromatic rings. The first-order valence-electron chi connectivity index (χ1n) is 9.65. The van der Waals surface area contributed by atoms with Crippen LogP contribution in [0.5, 0.6) is 0 Å². The summed E-state index contributed by atoms with van der Waals surface area (Å²) in [5.41, 5.74) is 7.16. The number of hydrogen-bond donors (Lipinski definition) is 1. The number of hydrazone groups is 1. The molecule has 3 atom stereocenters. The van der Waals surface area contributed by atoms with Crippen LogP contribution in [0.1, 0.15) is 23.3 Å². The fraction of sp³-hybridized carbons (Fsp3) is 0.261. The first-order chi connectivity index (χ1) is 13.3. The van der Waals surface area contributed by atoms with Crippen LogP contribution in [0.15, 0.2) is 71.9 Å². The van der Waals surface area contributed by atoms with Crippen LogP contribution in [0.4, 0.5) is 5.69 Å². The molecule has 134 valence electrons. The van der Waals surface area contributed by atoms with Gasteiger partial charge in [-0.05, 0) is 41.6 Å². The number of rotatable bonds is 2. The van der Waals surface area contributed by atoms with Gasteiger partial charge in [-0.1, -0.05) is 42.5 Å². The molecule has 2 aliphatic heterocycles. The summed E-state index contributed by atoms with van der Waals surface area (Å²) in [5.74, 6) is 0. The molecule has 4 heteroatoms. The van der Waals surface area contributed by atoms with Crippen LogP contribution >= 0.6 is 11.3 Å². The van der Waals surface area contributed by atoms with E-state index in [0.717, 1.165) is 24.4 Å². The number of para-hydroxylation sites is 1. The Morgan fingerprint density at radius 2 is 1.93 bits per heavy atom. The van der Waals surface area contributed by atoms with E-state index in [2.05, 4.69) is 58.9 Å². The predicted molar refractivity (Wildman–Crippen MR) is 114 cm³/mol. The summed E-state index contributed by atoms with van der Waals surface area (Å²) in [5, 5.41) is 6.15. The fourth-order valence-electron chi connectivity index (χ4n) is 5.09. The number of benzene rings is 2. The van der Waals surface area contributed by atoms with Crippen LogP contribution in [0.3, 0.4) is 0 Å². The number of fused-ring (bicyclic) bond motifs is 3. The molecular weight excluding hydrogens is 350 g/mol. The molecule has 1 fully saturated rings. The molecule has 0 saturated carbocycles. The van der Waals surface area contributed by atoms with Gasteiger partial charge in [0.15, 0.2) is 0 Å². The van der Waals surface area contributed by atoms with Crippen molar-refractivity contribution in [1.82, 2.24) is 4.90 Å². The average Bonchev–Trinajstić information content (AvgIpc) is 3.24. The van der Waals surface area contributed by atoms with Crippen molar-refractivity contribution in [3.8, 4) is 0 Å².